The lowest BCUT2D eigenvalue weighted by Gasteiger charge is -2.13. The van der Waals surface area contributed by atoms with Gasteiger partial charge in [-0.15, -0.1) is 0 Å². The Hall–Kier alpha value is -2.69. The normalized spacial score (nSPS) is 11.6. The first-order chi connectivity index (χ1) is 11.5. The average Bonchev–Trinajstić information content (AvgIpc) is 2.60. The lowest BCUT2D eigenvalue weighted by molar-refractivity contribution is -0.124. The minimum Gasteiger partial charge on any atom is -0.452 e. The van der Waals surface area contributed by atoms with Crippen molar-refractivity contribution in [1.29, 1.82) is 0 Å². The number of halogens is 1. The summed E-state index contributed by atoms with van der Waals surface area (Å²) in [6.45, 7) is 3.65. The summed E-state index contributed by atoms with van der Waals surface area (Å²) in [5.41, 5.74) is 1.65. The van der Waals surface area contributed by atoms with Crippen LogP contribution in [0.2, 0.25) is 0 Å². The molecule has 0 aromatic heterocycles. The molecule has 0 fully saturated rings. The van der Waals surface area contributed by atoms with Crippen molar-refractivity contribution in [2.24, 2.45) is 0 Å². The van der Waals surface area contributed by atoms with Gasteiger partial charge in [-0.1, -0.05) is 43.3 Å². The van der Waals surface area contributed by atoms with Crippen molar-refractivity contribution in [3.8, 4) is 0 Å². The Kier molecular flexibility index (Phi) is 6.07. The Morgan fingerprint density at radius 1 is 1.17 bits per heavy atom. The third-order valence-corrected chi connectivity index (χ3v) is 3.72. The van der Waals surface area contributed by atoms with E-state index in [1.54, 1.807) is 6.92 Å². The molecule has 0 saturated heterocycles. The molecule has 0 aliphatic heterocycles. The number of amides is 1. The van der Waals surface area contributed by atoms with Crippen LogP contribution in [0.3, 0.4) is 0 Å². The maximum atomic E-state index is 13.4. The Morgan fingerprint density at radius 3 is 2.54 bits per heavy atom. The van der Waals surface area contributed by atoms with Crippen molar-refractivity contribution in [3.05, 3.63) is 71.0 Å². The predicted octanol–water partition coefficient (Wildman–Crippen LogP) is 3.21. The van der Waals surface area contributed by atoms with E-state index in [2.05, 4.69) is 5.32 Å². The molecule has 2 rings (SSSR count). The highest BCUT2D eigenvalue weighted by molar-refractivity contribution is 5.91. The first kappa shape index (κ1) is 17.7. The minimum absolute atomic E-state index is 0.0866. The van der Waals surface area contributed by atoms with Crippen LogP contribution in [-0.4, -0.2) is 25.0 Å². The summed E-state index contributed by atoms with van der Waals surface area (Å²) in [5.74, 6) is -1.44. The number of ether oxygens (including phenoxy) is 1. The molecule has 24 heavy (non-hydrogen) atoms. The van der Waals surface area contributed by atoms with E-state index in [9.17, 15) is 14.0 Å². The fraction of sp³-hybridized carbons (Fsp3) is 0.263. The van der Waals surface area contributed by atoms with Crippen LogP contribution in [0.4, 0.5) is 4.39 Å². The molecule has 0 bridgehead atoms. The first-order valence-electron chi connectivity index (χ1n) is 7.72. The number of hydrogen-bond acceptors (Lipinski definition) is 3. The molecule has 5 heteroatoms. The van der Waals surface area contributed by atoms with Crippen LogP contribution >= 0.6 is 0 Å². The molecule has 1 atom stereocenters. The van der Waals surface area contributed by atoms with Crippen LogP contribution < -0.4 is 5.32 Å². The molecule has 1 amide bonds. The number of rotatable bonds is 6. The van der Waals surface area contributed by atoms with E-state index in [0.29, 0.717) is 12.1 Å². The van der Waals surface area contributed by atoms with E-state index >= 15 is 0 Å². The fourth-order valence-electron chi connectivity index (χ4n) is 2.15. The van der Waals surface area contributed by atoms with Crippen LogP contribution in [0.1, 0.15) is 34.3 Å². The molecule has 4 nitrogen and oxygen atoms in total. The van der Waals surface area contributed by atoms with Crippen LogP contribution in [0.15, 0.2) is 48.5 Å². The Labute approximate surface area is 140 Å². The Bertz CT molecular complexity index is 716. The third kappa shape index (κ3) is 4.91. The van der Waals surface area contributed by atoms with E-state index in [1.165, 1.54) is 12.1 Å². The van der Waals surface area contributed by atoms with E-state index in [4.69, 9.17) is 4.74 Å². The van der Waals surface area contributed by atoms with Gasteiger partial charge in [0, 0.05) is 6.54 Å². The van der Waals surface area contributed by atoms with Gasteiger partial charge in [-0.3, -0.25) is 4.79 Å². The van der Waals surface area contributed by atoms with Crippen LogP contribution in [0.25, 0.3) is 0 Å². The molecule has 0 unspecified atom stereocenters. The van der Waals surface area contributed by atoms with Gasteiger partial charge in [0.1, 0.15) is 5.82 Å². The highest BCUT2D eigenvalue weighted by Crippen LogP contribution is 2.13. The first-order valence-corrected chi connectivity index (χ1v) is 7.72. The summed E-state index contributed by atoms with van der Waals surface area (Å²) in [7, 11) is 0. The Balaban J connectivity index is 1.78. The fourth-order valence-corrected chi connectivity index (χ4v) is 2.15. The zero-order valence-electron chi connectivity index (χ0n) is 13.7. The van der Waals surface area contributed by atoms with Crippen LogP contribution in [-0.2, 0) is 9.53 Å². The number of aryl methyl sites for hydroxylation is 1. The molecule has 0 radical (unpaired) electrons. The van der Waals surface area contributed by atoms with Crippen molar-refractivity contribution >= 4 is 11.9 Å². The molecular weight excluding hydrogens is 309 g/mol. The Morgan fingerprint density at radius 2 is 1.88 bits per heavy atom. The SMILES string of the molecule is Cc1ccc(C(=O)OCC(=O)NC[C@H](C)c2ccccc2)cc1F. The lowest BCUT2D eigenvalue weighted by atomic mass is 10.0. The second-order valence-corrected chi connectivity index (χ2v) is 5.66. The molecular formula is C19H20FNO3. The minimum atomic E-state index is -0.722. The van der Waals surface area contributed by atoms with Crippen molar-refractivity contribution in [3.63, 3.8) is 0 Å². The zero-order valence-corrected chi connectivity index (χ0v) is 13.7. The standard InChI is InChI=1S/C19H20FNO3/c1-13-8-9-16(10-17(13)20)19(23)24-12-18(22)21-11-14(2)15-6-4-3-5-7-15/h3-10,14H,11-12H2,1-2H3,(H,21,22)/t14-/m0/s1. The molecule has 0 saturated carbocycles. The van der Waals surface area contributed by atoms with Crippen molar-refractivity contribution in [1.82, 2.24) is 5.32 Å². The summed E-state index contributed by atoms with van der Waals surface area (Å²) in [6, 6.07) is 13.9. The summed E-state index contributed by atoms with van der Waals surface area (Å²) in [4.78, 5) is 23.6. The van der Waals surface area contributed by atoms with E-state index < -0.39 is 24.3 Å². The van der Waals surface area contributed by atoms with E-state index in [1.807, 2.05) is 37.3 Å². The smallest absolute Gasteiger partial charge is 0.338 e. The van der Waals surface area contributed by atoms with Gasteiger partial charge in [-0.2, -0.15) is 0 Å². The molecule has 0 spiro atoms. The zero-order chi connectivity index (χ0) is 17.5. The largest absolute Gasteiger partial charge is 0.452 e. The van der Waals surface area contributed by atoms with Gasteiger partial charge >= 0.3 is 5.97 Å². The summed E-state index contributed by atoms with van der Waals surface area (Å²) >= 11 is 0. The number of carbonyl (C=O) groups excluding carboxylic acids is 2. The number of hydrogen-bond donors (Lipinski definition) is 1. The topological polar surface area (TPSA) is 55.4 Å². The van der Waals surface area contributed by atoms with Crippen molar-refractivity contribution < 1.29 is 18.7 Å². The number of nitrogens with one attached hydrogen (secondary N) is 1. The molecule has 2 aromatic carbocycles. The molecule has 0 aliphatic rings. The van der Waals surface area contributed by atoms with Gasteiger partial charge in [0.25, 0.3) is 5.91 Å². The van der Waals surface area contributed by atoms with Gasteiger partial charge in [0.2, 0.25) is 0 Å². The molecule has 1 N–H and O–H groups in total. The second-order valence-electron chi connectivity index (χ2n) is 5.66. The number of carbonyl (C=O) groups is 2. The monoisotopic (exact) mass is 329 g/mol. The second kappa shape index (κ2) is 8.24. The maximum absolute atomic E-state index is 13.4. The van der Waals surface area contributed by atoms with Gasteiger partial charge in [-0.25, -0.2) is 9.18 Å². The predicted molar refractivity (Wildman–Crippen MR) is 89.3 cm³/mol. The van der Waals surface area contributed by atoms with Crippen molar-refractivity contribution in [2.45, 2.75) is 19.8 Å². The van der Waals surface area contributed by atoms with Gasteiger partial charge < -0.3 is 10.1 Å². The van der Waals surface area contributed by atoms with Gasteiger partial charge in [0.05, 0.1) is 5.56 Å². The molecule has 2 aromatic rings. The maximum Gasteiger partial charge on any atom is 0.338 e. The lowest BCUT2D eigenvalue weighted by Crippen LogP contribution is -2.31. The van der Waals surface area contributed by atoms with E-state index in [0.717, 1.165) is 11.6 Å². The summed E-state index contributed by atoms with van der Waals surface area (Å²) in [5, 5.41) is 2.72. The molecule has 126 valence electrons. The summed E-state index contributed by atoms with van der Waals surface area (Å²) < 4.78 is 18.3. The number of benzene rings is 2. The third-order valence-electron chi connectivity index (χ3n) is 3.72. The average molecular weight is 329 g/mol. The van der Waals surface area contributed by atoms with Crippen LogP contribution in [0.5, 0.6) is 0 Å². The van der Waals surface area contributed by atoms with Gasteiger partial charge in [0.15, 0.2) is 6.61 Å². The molecule has 0 aliphatic carbocycles. The van der Waals surface area contributed by atoms with Gasteiger partial charge in [-0.05, 0) is 36.1 Å². The number of esters is 1. The van der Waals surface area contributed by atoms with Crippen molar-refractivity contribution in [2.75, 3.05) is 13.2 Å². The summed E-state index contributed by atoms with van der Waals surface area (Å²) in [6.07, 6.45) is 0. The molecule has 0 heterocycles. The van der Waals surface area contributed by atoms with Crippen LogP contribution in [0, 0.1) is 12.7 Å². The highest BCUT2D eigenvalue weighted by Gasteiger charge is 2.13. The van der Waals surface area contributed by atoms with E-state index in [-0.39, 0.29) is 11.5 Å². The quantitative estimate of drug-likeness (QED) is 0.828. The highest BCUT2D eigenvalue weighted by atomic mass is 19.1.